The lowest BCUT2D eigenvalue weighted by molar-refractivity contribution is 0.0951. The monoisotopic (exact) mass is 335 g/mol. The van der Waals surface area contributed by atoms with Crippen molar-refractivity contribution in [2.75, 3.05) is 5.43 Å². The average Bonchev–Trinajstić information content (AvgIpc) is 2.46. The van der Waals surface area contributed by atoms with Crippen molar-refractivity contribution < 1.29 is 4.79 Å². The van der Waals surface area contributed by atoms with E-state index in [9.17, 15) is 4.79 Å². The molecule has 0 aliphatic carbocycles. The average molecular weight is 336 g/mol. The number of aromatic nitrogens is 2. The van der Waals surface area contributed by atoms with E-state index in [1.807, 2.05) is 13.0 Å². The summed E-state index contributed by atoms with van der Waals surface area (Å²) >= 11 is 3.28. The Labute approximate surface area is 124 Å². The quantitative estimate of drug-likeness (QED) is 0.584. The molecule has 2 heterocycles. The fourth-order valence-electron chi connectivity index (χ4n) is 1.70. The molecule has 2 aromatic heterocycles. The summed E-state index contributed by atoms with van der Waals surface area (Å²) in [4.78, 5) is 20.2. The van der Waals surface area contributed by atoms with Crippen LogP contribution in [0.2, 0.25) is 0 Å². The SMILES string of the molecule is Cc1cnccc1CNC(=O)c1cc(Br)cnc1NN. The normalized spacial score (nSPS) is 10.2. The van der Waals surface area contributed by atoms with E-state index in [1.165, 1.54) is 0 Å². The number of halogens is 1. The van der Waals surface area contributed by atoms with Gasteiger partial charge in [0.05, 0.1) is 5.56 Å². The molecular weight excluding hydrogens is 322 g/mol. The van der Waals surface area contributed by atoms with Crippen molar-refractivity contribution in [3.05, 3.63) is 51.9 Å². The fraction of sp³-hybridized carbons (Fsp3) is 0.154. The van der Waals surface area contributed by atoms with Crippen LogP contribution in [0, 0.1) is 6.92 Å². The summed E-state index contributed by atoms with van der Waals surface area (Å²) in [6.45, 7) is 2.37. The number of amides is 1. The highest BCUT2D eigenvalue weighted by molar-refractivity contribution is 9.10. The van der Waals surface area contributed by atoms with Crippen LogP contribution >= 0.6 is 15.9 Å². The first-order valence-corrected chi connectivity index (χ1v) is 6.71. The molecule has 2 rings (SSSR count). The first kappa shape index (κ1) is 14.4. The van der Waals surface area contributed by atoms with Gasteiger partial charge in [0.25, 0.3) is 5.91 Å². The Kier molecular flexibility index (Phi) is 4.65. The maximum atomic E-state index is 12.2. The molecule has 0 radical (unpaired) electrons. The number of aryl methyl sites for hydroxylation is 1. The van der Waals surface area contributed by atoms with E-state index in [1.54, 1.807) is 24.7 Å². The van der Waals surface area contributed by atoms with Gasteiger partial charge in [0, 0.05) is 29.6 Å². The van der Waals surface area contributed by atoms with Gasteiger partial charge in [0.1, 0.15) is 0 Å². The van der Waals surface area contributed by atoms with Crippen molar-refractivity contribution in [3.63, 3.8) is 0 Å². The summed E-state index contributed by atoms with van der Waals surface area (Å²) < 4.78 is 0.710. The van der Waals surface area contributed by atoms with E-state index >= 15 is 0 Å². The number of nitrogens with zero attached hydrogens (tertiary/aromatic N) is 2. The van der Waals surface area contributed by atoms with Crippen LogP contribution in [0.5, 0.6) is 0 Å². The summed E-state index contributed by atoms with van der Waals surface area (Å²) in [6.07, 6.45) is 5.02. The topological polar surface area (TPSA) is 92.9 Å². The Morgan fingerprint density at radius 2 is 2.25 bits per heavy atom. The molecule has 0 bridgehead atoms. The minimum absolute atomic E-state index is 0.247. The molecule has 104 valence electrons. The molecule has 0 unspecified atom stereocenters. The van der Waals surface area contributed by atoms with Gasteiger partial charge in [0.2, 0.25) is 0 Å². The molecule has 20 heavy (non-hydrogen) atoms. The van der Waals surface area contributed by atoms with Gasteiger partial charge in [0.15, 0.2) is 5.82 Å². The maximum Gasteiger partial charge on any atom is 0.255 e. The zero-order valence-corrected chi connectivity index (χ0v) is 12.4. The smallest absolute Gasteiger partial charge is 0.255 e. The molecule has 0 fully saturated rings. The summed E-state index contributed by atoms with van der Waals surface area (Å²) in [7, 11) is 0. The number of carbonyl (C=O) groups excluding carboxylic acids is 1. The summed E-state index contributed by atoms with van der Waals surface area (Å²) in [5.74, 6) is 5.44. The molecule has 0 atom stereocenters. The second-order valence-electron chi connectivity index (χ2n) is 4.18. The Morgan fingerprint density at radius 3 is 2.95 bits per heavy atom. The standard InChI is InChI=1S/C13H14BrN5O/c1-8-5-16-3-2-9(8)6-18-13(20)11-4-10(14)7-17-12(11)19-15/h2-5,7H,6,15H2,1H3,(H,17,19)(H,18,20). The van der Waals surface area contributed by atoms with E-state index in [4.69, 9.17) is 5.84 Å². The van der Waals surface area contributed by atoms with Crippen LogP contribution in [-0.4, -0.2) is 15.9 Å². The maximum absolute atomic E-state index is 12.2. The van der Waals surface area contributed by atoms with Crippen molar-refractivity contribution >= 4 is 27.7 Å². The molecule has 6 nitrogen and oxygen atoms in total. The summed E-state index contributed by atoms with van der Waals surface area (Å²) in [6, 6.07) is 3.54. The number of carbonyl (C=O) groups is 1. The van der Waals surface area contributed by atoms with Gasteiger partial charge < -0.3 is 10.7 Å². The van der Waals surface area contributed by atoms with Gasteiger partial charge in [-0.2, -0.15) is 0 Å². The lowest BCUT2D eigenvalue weighted by Crippen LogP contribution is -2.25. The minimum Gasteiger partial charge on any atom is -0.348 e. The van der Waals surface area contributed by atoms with Gasteiger partial charge in [-0.15, -0.1) is 0 Å². The van der Waals surface area contributed by atoms with E-state index in [0.29, 0.717) is 22.4 Å². The molecular formula is C13H14BrN5O. The molecule has 0 aliphatic heterocycles. The van der Waals surface area contributed by atoms with Crippen LogP contribution in [0.1, 0.15) is 21.5 Å². The second-order valence-corrected chi connectivity index (χ2v) is 5.09. The van der Waals surface area contributed by atoms with E-state index in [0.717, 1.165) is 11.1 Å². The van der Waals surface area contributed by atoms with Gasteiger partial charge in [-0.25, -0.2) is 10.8 Å². The van der Waals surface area contributed by atoms with E-state index in [-0.39, 0.29) is 5.91 Å². The number of nitrogen functional groups attached to an aromatic ring is 1. The predicted molar refractivity (Wildman–Crippen MR) is 79.9 cm³/mol. The van der Waals surface area contributed by atoms with Crippen molar-refractivity contribution in [1.29, 1.82) is 0 Å². The van der Waals surface area contributed by atoms with Gasteiger partial charge in [-0.1, -0.05) is 0 Å². The molecule has 0 aliphatic rings. The third kappa shape index (κ3) is 3.31. The number of hydrazine groups is 1. The lowest BCUT2D eigenvalue weighted by Gasteiger charge is -2.10. The van der Waals surface area contributed by atoms with Crippen LogP contribution in [0.3, 0.4) is 0 Å². The van der Waals surface area contributed by atoms with Gasteiger partial charge in [-0.05, 0) is 46.1 Å². The molecule has 0 spiro atoms. The lowest BCUT2D eigenvalue weighted by atomic mass is 10.1. The van der Waals surface area contributed by atoms with Gasteiger partial charge >= 0.3 is 0 Å². The van der Waals surface area contributed by atoms with Crippen LogP contribution in [-0.2, 0) is 6.54 Å². The number of rotatable bonds is 4. The number of hydrogen-bond acceptors (Lipinski definition) is 5. The van der Waals surface area contributed by atoms with Crippen molar-refractivity contribution in [2.45, 2.75) is 13.5 Å². The Morgan fingerprint density at radius 1 is 1.45 bits per heavy atom. The largest absolute Gasteiger partial charge is 0.348 e. The Hall–Kier alpha value is -1.99. The first-order chi connectivity index (χ1) is 9.61. The Bertz CT molecular complexity index is 632. The molecule has 0 aromatic carbocycles. The summed E-state index contributed by atoms with van der Waals surface area (Å²) in [5.41, 5.74) is 4.83. The predicted octanol–water partition coefficient (Wildman–Crippen LogP) is 1.76. The molecule has 2 aromatic rings. The molecule has 1 amide bonds. The van der Waals surface area contributed by atoms with E-state index in [2.05, 4.69) is 36.6 Å². The zero-order chi connectivity index (χ0) is 14.5. The molecule has 7 heteroatoms. The van der Waals surface area contributed by atoms with Crippen molar-refractivity contribution in [2.24, 2.45) is 5.84 Å². The zero-order valence-electron chi connectivity index (χ0n) is 10.9. The molecule has 4 N–H and O–H groups in total. The van der Waals surface area contributed by atoms with Crippen LogP contribution in [0.4, 0.5) is 5.82 Å². The minimum atomic E-state index is -0.247. The highest BCUT2D eigenvalue weighted by Gasteiger charge is 2.13. The fourth-order valence-corrected chi connectivity index (χ4v) is 2.03. The third-order valence-electron chi connectivity index (χ3n) is 2.81. The second kappa shape index (κ2) is 6.44. The van der Waals surface area contributed by atoms with Gasteiger partial charge in [-0.3, -0.25) is 9.78 Å². The van der Waals surface area contributed by atoms with E-state index < -0.39 is 0 Å². The molecule has 0 saturated heterocycles. The Balaban J connectivity index is 2.13. The third-order valence-corrected chi connectivity index (χ3v) is 3.25. The highest BCUT2D eigenvalue weighted by Crippen LogP contribution is 2.17. The van der Waals surface area contributed by atoms with Crippen LogP contribution < -0.4 is 16.6 Å². The number of anilines is 1. The van der Waals surface area contributed by atoms with Crippen LogP contribution in [0.25, 0.3) is 0 Å². The number of nitrogens with one attached hydrogen (secondary N) is 2. The summed E-state index contributed by atoms with van der Waals surface area (Å²) in [5, 5.41) is 2.83. The molecule has 0 saturated carbocycles. The highest BCUT2D eigenvalue weighted by atomic mass is 79.9. The first-order valence-electron chi connectivity index (χ1n) is 5.91. The number of nitrogens with two attached hydrogens (primary N) is 1. The number of hydrogen-bond donors (Lipinski definition) is 3. The van der Waals surface area contributed by atoms with Crippen molar-refractivity contribution in [3.8, 4) is 0 Å². The number of pyridine rings is 2. The van der Waals surface area contributed by atoms with Crippen LogP contribution in [0.15, 0.2) is 35.2 Å². The van der Waals surface area contributed by atoms with Crippen molar-refractivity contribution in [1.82, 2.24) is 15.3 Å².